The van der Waals surface area contributed by atoms with Gasteiger partial charge in [-0.15, -0.1) is 0 Å². The van der Waals surface area contributed by atoms with Crippen molar-refractivity contribution in [1.29, 1.82) is 0 Å². The monoisotopic (exact) mass is 356 g/mol. The fourth-order valence-electron chi connectivity index (χ4n) is 1.78. The Bertz CT molecular complexity index is 625. The van der Waals surface area contributed by atoms with E-state index in [0.29, 0.717) is 10.0 Å². The fourth-order valence-corrected chi connectivity index (χ4v) is 2.24. The van der Waals surface area contributed by atoms with E-state index in [9.17, 15) is 14.7 Å². The van der Waals surface area contributed by atoms with Crippen LogP contribution in [0.1, 0.15) is 19.4 Å². The van der Waals surface area contributed by atoms with Crippen molar-refractivity contribution in [3.05, 3.63) is 27.7 Å². The van der Waals surface area contributed by atoms with Gasteiger partial charge in [-0.05, 0) is 39.7 Å². The van der Waals surface area contributed by atoms with E-state index in [-0.39, 0.29) is 17.1 Å². The molecule has 21 heavy (non-hydrogen) atoms. The minimum Gasteiger partial charge on any atom is -0.503 e. The predicted molar refractivity (Wildman–Crippen MR) is 76.6 cm³/mol. The second-order valence-electron chi connectivity index (χ2n) is 4.79. The number of ether oxygens (including phenoxy) is 3. The first-order chi connectivity index (χ1) is 9.73. The molecule has 0 saturated carbocycles. The van der Waals surface area contributed by atoms with Crippen molar-refractivity contribution >= 4 is 33.9 Å². The molecule has 0 aliphatic carbocycles. The maximum absolute atomic E-state index is 11.8. The van der Waals surface area contributed by atoms with E-state index in [2.05, 4.69) is 15.9 Å². The van der Waals surface area contributed by atoms with Crippen molar-refractivity contribution in [3.63, 3.8) is 0 Å². The molecule has 1 aliphatic heterocycles. The average Bonchev–Trinajstić information content (AvgIpc) is 2.36. The zero-order valence-electron chi connectivity index (χ0n) is 11.6. The van der Waals surface area contributed by atoms with Gasteiger partial charge >= 0.3 is 11.9 Å². The summed E-state index contributed by atoms with van der Waals surface area (Å²) in [6, 6.07) is 3.01. The normalized spacial score (nSPS) is 17.0. The first-order valence-corrected chi connectivity index (χ1v) is 6.77. The number of phenols is 1. The number of phenolic OH excluding ortho intramolecular Hbond substituents is 1. The highest BCUT2D eigenvalue weighted by Crippen LogP contribution is 2.36. The number of benzene rings is 1. The number of carbonyl (C=O) groups excluding carboxylic acids is 2. The number of rotatable bonds is 2. The van der Waals surface area contributed by atoms with Gasteiger partial charge in [0.25, 0.3) is 5.79 Å². The van der Waals surface area contributed by atoms with Gasteiger partial charge in [0, 0.05) is 13.8 Å². The van der Waals surface area contributed by atoms with Crippen molar-refractivity contribution in [2.45, 2.75) is 19.6 Å². The van der Waals surface area contributed by atoms with Crippen LogP contribution < -0.4 is 4.74 Å². The second kappa shape index (κ2) is 5.40. The number of esters is 2. The molecule has 0 spiro atoms. The molecular formula is C14H13BrO6. The molecule has 1 N–H and O–H groups in total. The van der Waals surface area contributed by atoms with Crippen LogP contribution in [0.15, 0.2) is 22.2 Å². The summed E-state index contributed by atoms with van der Waals surface area (Å²) in [5, 5.41) is 9.72. The van der Waals surface area contributed by atoms with Gasteiger partial charge in [-0.2, -0.15) is 0 Å². The number of hydrogen-bond acceptors (Lipinski definition) is 6. The third kappa shape index (κ3) is 3.18. The molecule has 2 rings (SSSR count). The van der Waals surface area contributed by atoms with Gasteiger partial charge in [0.15, 0.2) is 11.5 Å². The summed E-state index contributed by atoms with van der Waals surface area (Å²) in [5.41, 5.74) is 0.245. The molecule has 0 amide bonds. The fraction of sp³-hybridized carbons (Fsp3) is 0.286. The Morgan fingerprint density at radius 1 is 1.24 bits per heavy atom. The highest BCUT2D eigenvalue weighted by Gasteiger charge is 2.38. The smallest absolute Gasteiger partial charge is 0.348 e. The van der Waals surface area contributed by atoms with Crippen LogP contribution in [0.5, 0.6) is 11.5 Å². The van der Waals surface area contributed by atoms with E-state index in [1.807, 2.05) is 0 Å². The minimum absolute atomic E-state index is 0.0745. The molecule has 0 atom stereocenters. The van der Waals surface area contributed by atoms with Crippen molar-refractivity contribution in [3.8, 4) is 11.5 Å². The molecule has 1 heterocycles. The Morgan fingerprint density at radius 2 is 1.81 bits per heavy atom. The Kier molecular flexibility index (Phi) is 3.95. The van der Waals surface area contributed by atoms with E-state index in [1.54, 1.807) is 0 Å². The molecule has 7 heteroatoms. The van der Waals surface area contributed by atoms with E-state index >= 15 is 0 Å². The highest BCUT2D eigenvalue weighted by molar-refractivity contribution is 9.10. The Hall–Kier alpha value is -2.02. The van der Waals surface area contributed by atoms with Crippen LogP contribution >= 0.6 is 15.9 Å². The van der Waals surface area contributed by atoms with E-state index in [1.165, 1.54) is 39.2 Å². The van der Waals surface area contributed by atoms with Crippen molar-refractivity contribution in [2.24, 2.45) is 0 Å². The summed E-state index contributed by atoms with van der Waals surface area (Å²) in [7, 11) is 1.39. The maximum atomic E-state index is 11.8. The van der Waals surface area contributed by atoms with Gasteiger partial charge in [-0.3, -0.25) is 0 Å². The van der Waals surface area contributed by atoms with Gasteiger partial charge in [0.05, 0.1) is 11.6 Å². The summed E-state index contributed by atoms with van der Waals surface area (Å²) >= 11 is 3.16. The molecule has 1 saturated heterocycles. The zero-order valence-corrected chi connectivity index (χ0v) is 13.2. The lowest BCUT2D eigenvalue weighted by molar-refractivity contribution is -0.222. The lowest BCUT2D eigenvalue weighted by Crippen LogP contribution is -2.41. The average molecular weight is 357 g/mol. The minimum atomic E-state index is -1.28. The molecule has 0 unspecified atom stereocenters. The molecule has 0 bridgehead atoms. The third-order valence-corrected chi connectivity index (χ3v) is 3.30. The standard InChI is InChI=1S/C14H13BrO6/c1-14(2)20-12(17)8(13(18)21-14)4-7-5-9(15)11(16)10(6-7)19-3/h4-6,16H,1-3H3. The zero-order chi connectivity index (χ0) is 15.8. The van der Waals surface area contributed by atoms with Crippen LogP contribution in [0, 0.1) is 0 Å². The highest BCUT2D eigenvalue weighted by atomic mass is 79.9. The maximum Gasteiger partial charge on any atom is 0.348 e. The predicted octanol–water partition coefficient (Wildman–Crippen LogP) is 2.38. The Labute approximate surface area is 129 Å². The summed E-state index contributed by atoms with van der Waals surface area (Å²) in [5.74, 6) is -2.68. The molecule has 1 aromatic carbocycles. The van der Waals surface area contributed by atoms with Crippen LogP contribution in [0.4, 0.5) is 0 Å². The van der Waals surface area contributed by atoms with Gasteiger partial charge < -0.3 is 19.3 Å². The molecule has 0 aromatic heterocycles. The molecule has 112 valence electrons. The molecular weight excluding hydrogens is 344 g/mol. The van der Waals surface area contributed by atoms with Gasteiger partial charge in [0.1, 0.15) is 5.57 Å². The molecule has 1 fully saturated rings. The molecule has 1 aliphatic rings. The number of hydrogen-bond donors (Lipinski definition) is 1. The van der Waals surface area contributed by atoms with Crippen LogP contribution in [0.3, 0.4) is 0 Å². The number of aromatic hydroxyl groups is 1. The first-order valence-electron chi connectivity index (χ1n) is 5.98. The van der Waals surface area contributed by atoms with Crippen LogP contribution in [-0.2, 0) is 19.1 Å². The van der Waals surface area contributed by atoms with Gasteiger partial charge in [-0.1, -0.05) is 0 Å². The lowest BCUT2D eigenvalue weighted by atomic mass is 10.1. The van der Waals surface area contributed by atoms with Gasteiger partial charge in [0.2, 0.25) is 0 Å². The number of carbonyl (C=O) groups is 2. The van der Waals surface area contributed by atoms with Crippen molar-refractivity contribution in [2.75, 3.05) is 7.11 Å². The Morgan fingerprint density at radius 3 is 2.33 bits per heavy atom. The molecule has 1 aromatic rings. The van der Waals surface area contributed by atoms with Crippen LogP contribution in [0.25, 0.3) is 6.08 Å². The lowest BCUT2D eigenvalue weighted by Gasteiger charge is -2.29. The Balaban J connectivity index is 2.42. The first kappa shape index (κ1) is 15.4. The summed E-state index contributed by atoms with van der Waals surface area (Å²) in [6.07, 6.45) is 1.31. The summed E-state index contributed by atoms with van der Waals surface area (Å²) < 4.78 is 15.4. The summed E-state index contributed by atoms with van der Waals surface area (Å²) in [6.45, 7) is 2.94. The topological polar surface area (TPSA) is 82.1 Å². The quantitative estimate of drug-likeness (QED) is 0.497. The van der Waals surface area contributed by atoms with Crippen molar-refractivity contribution < 1.29 is 28.9 Å². The molecule has 6 nitrogen and oxygen atoms in total. The third-order valence-electron chi connectivity index (χ3n) is 2.70. The second-order valence-corrected chi connectivity index (χ2v) is 5.64. The largest absolute Gasteiger partial charge is 0.503 e. The van der Waals surface area contributed by atoms with E-state index in [4.69, 9.17) is 14.2 Å². The molecule has 0 radical (unpaired) electrons. The number of cyclic esters (lactones) is 2. The van der Waals surface area contributed by atoms with Crippen LogP contribution in [-0.4, -0.2) is 29.9 Å². The van der Waals surface area contributed by atoms with E-state index < -0.39 is 17.7 Å². The summed E-state index contributed by atoms with van der Waals surface area (Å²) in [4.78, 5) is 23.7. The number of methoxy groups -OCH3 is 1. The number of halogens is 1. The SMILES string of the molecule is COc1cc(C=C2C(=O)OC(C)(C)OC2=O)cc(Br)c1O. The van der Waals surface area contributed by atoms with Crippen molar-refractivity contribution in [1.82, 2.24) is 0 Å². The van der Waals surface area contributed by atoms with Crippen LogP contribution in [0.2, 0.25) is 0 Å². The van der Waals surface area contributed by atoms with E-state index in [0.717, 1.165) is 0 Å². The van der Waals surface area contributed by atoms with Gasteiger partial charge in [-0.25, -0.2) is 9.59 Å².